The average molecular weight is 501 g/mol. The van der Waals surface area contributed by atoms with Gasteiger partial charge in [-0.3, -0.25) is 9.59 Å². The zero-order chi connectivity index (χ0) is 26.0. The van der Waals surface area contributed by atoms with Gasteiger partial charge in [-0.15, -0.1) is 0 Å². The van der Waals surface area contributed by atoms with E-state index in [9.17, 15) is 9.59 Å². The van der Waals surface area contributed by atoms with Crippen LogP contribution >= 0.6 is 0 Å². The Labute approximate surface area is 219 Å². The number of fused-ring (bicyclic) bond motifs is 1. The number of rotatable bonds is 12. The second-order valence-electron chi connectivity index (χ2n) is 9.55. The highest BCUT2D eigenvalue weighted by atomic mass is 16.7. The predicted molar refractivity (Wildman–Crippen MR) is 144 cm³/mol. The number of amides is 2. The molecule has 1 N–H and O–H groups in total. The Morgan fingerprint density at radius 1 is 0.919 bits per heavy atom. The molecular weight excluding hydrogens is 464 g/mol. The maximum Gasteiger partial charge on any atom is 0.243 e. The summed E-state index contributed by atoms with van der Waals surface area (Å²) in [6.45, 7) is 5.33. The third-order valence-corrected chi connectivity index (χ3v) is 6.60. The average Bonchev–Trinajstić information content (AvgIpc) is 3.38. The highest BCUT2D eigenvalue weighted by Gasteiger charge is 2.30. The number of unbranched alkanes of at least 4 members (excludes halogenated alkanes) is 1. The summed E-state index contributed by atoms with van der Waals surface area (Å²) in [4.78, 5) is 29.0. The molecule has 3 aromatic rings. The lowest BCUT2D eigenvalue weighted by atomic mass is 10.0. The van der Waals surface area contributed by atoms with Crippen molar-refractivity contribution in [3.63, 3.8) is 0 Å². The summed E-state index contributed by atoms with van der Waals surface area (Å²) in [6.07, 6.45) is 3.19. The molecule has 0 saturated carbocycles. The summed E-state index contributed by atoms with van der Waals surface area (Å²) >= 11 is 0. The van der Waals surface area contributed by atoms with Crippen LogP contribution in [0, 0.1) is 6.92 Å². The van der Waals surface area contributed by atoms with Gasteiger partial charge in [0.25, 0.3) is 0 Å². The van der Waals surface area contributed by atoms with Crippen molar-refractivity contribution in [2.24, 2.45) is 0 Å². The van der Waals surface area contributed by atoms with Gasteiger partial charge in [-0.1, -0.05) is 79.6 Å². The maximum absolute atomic E-state index is 13.8. The number of ether oxygens (including phenoxy) is 2. The molecule has 0 saturated heterocycles. The minimum Gasteiger partial charge on any atom is -0.454 e. The monoisotopic (exact) mass is 500 g/mol. The van der Waals surface area contributed by atoms with Gasteiger partial charge >= 0.3 is 0 Å². The fourth-order valence-corrected chi connectivity index (χ4v) is 4.56. The standard InChI is InChI=1S/C31H36N2O4/c1-3-4-17-32-31(35)27(19-24-10-6-5-7-11-24)33(21-26-12-8-9-23(2)18-26)30(34)16-14-25-13-15-28-29(20-25)37-22-36-28/h5-13,15,18,20,27H,3-4,14,16-17,19,21-22H2,1-2H3,(H,32,35)/t27-/m1/s1. The fourth-order valence-electron chi connectivity index (χ4n) is 4.56. The molecule has 1 heterocycles. The molecule has 37 heavy (non-hydrogen) atoms. The highest BCUT2D eigenvalue weighted by Crippen LogP contribution is 2.33. The number of nitrogens with one attached hydrogen (secondary N) is 1. The first kappa shape index (κ1) is 26.3. The molecule has 0 aliphatic carbocycles. The van der Waals surface area contributed by atoms with Gasteiger partial charge < -0.3 is 19.7 Å². The van der Waals surface area contributed by atoms with Crippen LogP contribution in [0.15, 0.2) is 72.8 Å². The third kappa shape index (κ3) is 7.35. The summed E-state index contributed by atoms with van der Waals surface area (Å²) in [5, 5.41) is 3.08. The van der Waals surface area contributed by atoms with Crippen LogP contribution in [0.25, 0.3) is 0 Å². The topological polar surface area (TPSA) is 67.9 Å². The molecule has 6 nitrogen and oxygen atoms in total. The zero-order valence-corrected chi connectivity index (χ0v) is 21.7. The molecule has 0 fully saturated rings. The number of nitrogens with zero attached hydrogens (tertiary/aromatic N) is 1. The number of aryl methyl sites for hydroxylation is 2. The van der Waals surface area contributed by atoms with Crippen molar-refractivity contribution in [2.75, 3.05) is 13.3 Å². The second kappa shape index (κ2) is 12.9. The van der Waals surface area contributed by atoms with Crippen LogP contribution in [-0.2, 0) is 29.0 Å². The molecule has 0 bridgehead atoms. The largest absolute Gasteiger partial charge is 0.454 e. The number of carbonyl (C=O) groups is 2. The van der Waals surface area contributed by atoms with E-state index in [0.717, 1.165) is 40.8 Å². The van der Waals surface area contributed by atoms with E-state index in [1.165, 1.54) is 0 Å². The molecule has 2 amide bonds. The van der Waals surface area contributed by atoms with Crippen molar-refractivity contribution in [1.29, 1.82) is 0 Å². The maximum atomic E-state index is 13.8. The van der Waals surface area contributed by atoms with E-state index in [1.54, 1.807) is 4.90 Å². The first-order valence-corrected chi connectivity index (χ1v) is 13.1. The Morgan fingerprint density at radius 3 is 2.49 bits per heavy atom. The molecule has 0 unspecified atom stereocenters. The van der Waals surface area contributed by atoms with Crippen LogP contribution in [0.5, 0.6) is 11.5 Å². The van der Waals surface area contributed by atoms with Crippen LogP contribution in [0.3, 0.4) is 0 Å². The molecule has 1 aliphatic rings. The summed E-state index contributed by atoms with van der Waals surface area (Å²) in [5.74, 6) is 1.27. The van der Waals surface area contributed by atoms with Crippen molar-refractivity contribution in [3.8, 4) is 11.5 Å². The Balaban J connectivity index is 1.58. The molecule has 1 aliphatic heterocycles. The Morgan fingerprint density at radius 2 is 1.70 bits per heavy atom. The van der Waals surface area contributed by atoms with Crippen molar-refractivity contribution in [3.05, 3.63) is 95.1 Å². The van der Waals surface area contributed by atoms with Crippen molar-refractivity contribution >= 4 is 11.8 Å². The molecule has 194 valence electrons. The van der Waals surface area contributed by atoms with Gasteiger partial charge in [0.2, 0.25) is 18.6 Å². The minimum atomic E-state index is -0.607. The van der Waals surface area contributed by atoms with Gasteiger partial charge in [-0.05, 0) is 48.6 Å². The SMILES string of the molecule is CCCCNC(=O)[C@@H](Cc1ccccc1)N(Cc1cccc(C)c1)C(=O)CCc1ccc2c(c1)OCO2. The summed E-state index contributed by atoms with van der Waals surface area (Å²) in [5.41, 5.74) is 4.16. The van der Waals surface area contributed by atoms with Crippen molar-refractivity contribution < 1.29 is 19.1 Å². The molecule has 6 heteroatoms. The number of benzene rings is 3. The molecule has 4 rings (SSSR count). The van der Waals surface area contributed by atoms with Crippen molar-refractivity contribution in [1.82, 2.24) is 10.2 Å². The van der Waals surface area contributed by atoms with E-state index in [1.807, 2.05) is 73.7 Å². The lowest BCUT2D eigenvalue weighted by Crippen LogP contribution is -2.50. The Bertz CT molecular complexity index is 1190. The first-order chi connectivity index (χ1) is 18.0. The Kier molecular flexibility index (Phi) is 9.19. The van der Waals surface area contributed by atoms with Gasteiger partial charge in [0.1, 0.15) is 6.04 Å². The van der Waals surface area contributed by atoms with Gasteiger partial charge in [0, 0.05) is 25.9 Å². The molecule has 1 atom stereocenters. The molecule has 3 aromatic carbocycles. The zero-order valence-electron chi connectivity index (χ0n) is 21.7. The summed E-state index contributed by atoms with van der Waals surface area (Å²) in [7, 11) is 0. The van der Waals surface area contributed by atoms with E-state index in [2.05, 4.69) is 18.3 Å². The quantitative estimate of drug-likeness (QED) is 0.347. The number of carbonyl (C=O) groups excluding carboxylic acids is 2. The van der Waals surface area contributed by atoms with Crippen LogP contribution in [0.4, 0.5) is 0 Å². The number of hydrogen-bond acceptors (Lipinski definition) is 4. The van der Waals surface area contributed by atoms with Crippen LogP contribution in [0.1, 0.15) is 48.4 Å². The van der Waals surface area contributed by atoms with E-state index in [4.69, 9.17) is 9.47 Å². The second-order valence-corrected chi connectivity index (χ2v) is 9.55. The van der Waals surface area contributed by atoms with E-state index in [0.29, 0.717) is 38.1 Å². The lowest BCUT2D eigenvalue weighted by molar-refractivity contribution is -0.141. The lowest BCUT2D eigenvalue weighted by Gasteiger charge is -2.32. The smallest absolute Gasteiger partial charge is 0.243 e. The molecular formula is C31H36N2O4. The summed E-state index contributed by atoms with van der Waals surface area (Å²) < 4.78 is 10.9. The van der Waals surface area contributed by atoms with Crippen molar-refractivity contribution in [2.45, 2.75) is 58.5 Å². The molecule has 0 aromatic heterocycles. The van der Waals surface area contributed by atoms with E-state index < -0.39 is 6.04 Å². The molecule has 0 radical (unpaired) electrons. The third-order valence-electron chi connectivity index (χ3n) is 6.60. The van der Waals surface area contributed by atoms with E-state index >= 15 is 0 Å². The Hall–Kier alpha value is -3.80. The first-order valence-electron chi connectivity index (χ1n) is 13.1. The van der Waals surface area contributed by atoms with Crippen LogP contribution < -0.4 is 14.8 Å². The number of hydrogen-bond donors (Lipinski definition) is 1. The summed E-state index contributed by atoms with van der Waals surface area (Å²) in [6, 6.07) is 23.2. The normalized spacial score (nSPS) is 12.7. The molecule has 0 spiro atoms. The predicted octanol–water partition coefficient (Wildman–Crippen LogP) is 5.21. The van der Waals surface area contributed by atoms with Crippen LogP contribution in [-0.4, -0.2) is 36.1 Å². The van der Waals surface area contributed by atoms with Crippen LogP contribution in [0.2, 0.25) is 0 Å². The van der Waals surface area contributed by atoms with Gasteiger partial charge in [0.15, 0.2) is 11.5 Å². The fraction of sp³-hybridized carbons (Fsp3) is 0.355. The minimum absolute atomic E-state index is 0.0502. The van der Waals surface area contributed by atoms with Gasteiger partial charge in [-0.2, -0.15) is 0 Å². The highest BCUT2D eigenvalue weighted by molar-refractivity contribution is 5.88. The van der Waals surface area contributed by atoms with Gasteiger partial charge in [-0.25, -0.2) is 0 Å². The van der Waals surface area contributed by atoms with Gasteiger partial charge in [0.05, 0.1) is 0 Å². The van der Waals surface area contributed by atoms with E-state index in [-0.39, 0.29) is 18.6 Å².